The van der Waals surface area contributed by atoms with Crippen LogP contribution in [-0.2, 0) is 6.54 Å². The van der Waals surface area contributed by atoms with Gasteiger partial charge in [-0.15, -0.1) is 0 Å². The second-order valence-electron chi connectivity index (χ2n) is 4.38. The summed E-state index contributed by atoms with van der Waals surface area (Å²) in [5.74, 6) is 1.89. The molecule has 96 valence electrons. The Morgan fingerprint density at radius 1 is 1.22 bits per heavy atom. The monoisotopic (exact) mass is 307 g/mol. The third kappa shape index (κ3) is 3.03. The second-order valence-corrected chi connectivity index (χ2v) is 5.17. The maximum atomic E-state index is 5.86. The van der Waals surface area contributed by atoms with Crippen molar-refractivity contribution in [3.63, 3.8) is 0 Å². The molecule has 0 bridgehead atoms. The van der Waals surface area contributed by atoms with Crippen LogP contribution in [-0.4, -0.2) is 6.54 Å². The normalized spacial score (nSPS) is 10.8. The maximum absolute atomic E-state index is 5.86. The highest BCUT2D eigenvalue weighted by molar-refractivity contribution is 9.10. The highest BCUT2D eigenvalue weighted by atomic mass is 79.9. The van der Waals surface area contributed by atoms with E-state index in [-0.39, 0.29) is 0 Å². The molecule has 3 heteroatoms. The molecular weight excluding hydrogens is 290 g/mol. The van der Waals surface area contributed by atoms with Gasteiger partial charge in [-0.3, -0.25) is 0 Å². The van der Waals surface area contributed by atoms with Crippen molar-refractivity contribution in [1.82, 2.24) is 5.32 Å². The predicted octanol–water partition coefficient (Wildman–Crippen LogP) is 4.52. The molecule has 2 aromatic rings. The molecule has 0 saturated carbocycles. The Balaban J connectivity index is 2.16. The Kier molecular flexibility index (Phi) is 4.61. The summed E-state index contributed by atoms with van der Waals surface area (Å²) in [6, 6.07) is 10.3. The number of hydrogen-bond acceptors (Lipinski definition) is 2. The van der Waals surface area contributed by atoms with Gasteiger partial charge in [0.05, 0.1) is 6.54 Å². The van der Waals surface area contributed by atoms with Crippen molar-refractivity contribution in [2.24, 2.45) is 0 Å². The van der Waals surface area contributed by atoms with Gasteiger partial charge in [-0.25, -0.2) is 0 Å². The van der Waals surface area contributed by atoms with E-state index >= 15 is 0 Å². The molecule has 2 nitrogen and oxygen atoms in total. The average molecular weight is 308 g/mol. The highest BCUT2D eigenvalue weighted by Gasteiger charge is 2.09. The third-order valence-corrected chi connectivity index (χ3v) is 3.90. The lowest BCUT2D eigenvalue weighted by atomic mass is 10.1. The topological polar surface area (TPSA) is 25.2 Å². The van der Waals surface area contributed by atoms with Crippen LogP contribution in [0.1, 0.15) is 24.7 Å². The van der Waals surface area contributed by atoms with Crippen molar-refractivity contribution in [1.29, 1.82) is 0 Å². The number of furan rings is 1. The summed E-state index contributed by atoms with van der Waals surface area (Å²) in [4.78, 5) is 0. The van der Waals surface area contributed by atoms with Crippen molar-refractivity contribution < 1.29 is 4.42 Å². The number of hydrogen-bond donors (Lipinski definition) is 1. The molecule has 0 radical (unpaired) electrons. The third-order valence-electron chi connectivity index (χ3n) is 2.84. The zero-order chi connectivity index (χ0) is 13.0. The van der Waals surface area contributed by atoms with Crippen molar-refractivity contribution in [3.05, 3.63) is 46.1 Å². The fourth-order valence-electron chi connectivity index (χ4n) is 1.84. The summed E-state index contributed by atoms with van der Waals surface area (Å²) in [7, 11) is 0. The molecule has 1 heterocycles. The van der Waals surface area contributed by atoms with Gasteiger partial charge in [0.1, 0.15) is 11.5 Å². The summed E-state index contributed by atoms with van der Waals surface area (Å²) >= 11 is 3.61. The number of halogens is 1. The van der Waals surface area contributed by atoms with Crippen LogP contribution in [0.4, 0.5) is 0 Å². The Hall–Kier alpha value is -1.06. The summed E-state index contributed by atoms with van der Waals surface area (Å²) in [5.41, 5.74) is 2.33. The summed E-state index contributed by atoms with van der Waals surface area (Å²) in [6.45, 7) is 6.05. The van der Waals surface area contributed by atoms with E-state index in [0.29, 0.717) is 0 Å². The second kappa shape index (κ2) is 6.21. The zero-order valence-electron chi connectivity index (χ0n) is 10.8. The van der Waals surface area contributed by atoms with Gasteiger partial charge in [-0.1, -0.05) is 25.1 Å². The van der Waals surface area contributed by atoms with Gasteiger partial charge < -0.3 is 9.73 Å². The van der Waals surface area contributed by atoms with Gasteiger partial charge in [0.2, 0.25) is 0 Å². The van der Waals surface area contributed by atoms with Gasteiger partial charge in [0.25, 0.3) is 0 Å². The van der Waals surface area contributed by atoms with E-state index in [9.17, 15) is 0 Å². The minimum Gasteiger partial charge on any atom is -0.460 e. The number of rotatable bonds is 5. The van der Waals surface area contributed by atoms with E-state index < -0.39 is 0 Å². The summed E-state index contributed by atoms with van der Waals surface area (Å²) < 4.78 is 6.96. The number of aryl methyl sites for hydroxylation is 1. The Labute approximate surface area is 117 Å². The van der Waals surface area contributed by atoms with E-state index in [0.717, 1.165) is 41.1 Å². The Morgan fingerprint density at radius 3 is 2.83 bits per heavy atom. The molecule has 0 atom stereocenters. The van der Waals surface area contributed by atoms with Crippen LogP contribution < -0.4 is 5.32 Å². The molecule has 1 aromatic carbocycles. The van der Waals surface area contributed by atoms with Crippen molar-refractivity contribution in [2.45, 2.75) is 26.8 Å². The van der Waals surface area contributed by atoms with Crippen molar-refractivity contribution in [3.8, 4) is 11.3 Å². The molecule has 1 N–H and O–H groups in total. The molecule has 18 heavy (non-hydrogen) atoms. The minimum atomic E-state index is 0.789. The number of nitrogens with one attached hydrogen (secondary N) is 1. The standard InChI is InChI=1S/C15H18BrNO/c1-3-9-17-10-12-7-8-14(18-12)13-6-4-5-11(2)15(13)16/h4-8,17H,3,9-10H2,1-2H3. The lowest BCUT2D eigenvalue weighted by Gasteiger charge is -2.04. The van der Waals surface area contributed by atoms with Crippen LogP contribution in [0.2, 0.25) is 0 Å². The van der Waals surface area contributed by atoms with Gasteiger partial charge >= 0.3 is 0 Å². The van der Waals surface area contributed by atoms with Crippen LogP contribution >= 0.6 is 15.9 Å². The summed E-state index contributed by atoms with van der Waals surface area (Å²) in [5, 5.41) is 3.34. The molecular formula is C15H18BrNO. The van der Waals surface area contributed by atoms with E-state index in [4.69, 9.17) is 4.42 Å². The maximum Gasteiger partial charge on any atom is 0.135 e. The first-order valence-corrected chi connectivity index (χ1v) is 7.06. The van der Waals surface area contributed by atoms with E-state index in [2.05, 4.69) is 47.2 Å². The molecule has 2 rings (SSSR count). The van der Waals surface area contributed by atoms with Crippen LogP contribution in [0.25, 0.3) is 11.3 Å². The van der Waals surface area contributed by atoms with Crippen LogP contribution in [0.15, 0.2) is 39.2 Å². The highest BCUT2D eigenvalue weighted by Crippen LogP contribution is 2.31. The molecule has 1 aromatic heterocycles. The van der Waals surface area contributed by atoms with Gasteiger partial charge in [0.15, 0.2) is 0 Å². The molecule has 0 aliphatic carbocycles. The van der Waals surface area contributed by atoms with Crippen molar-refractivity contribution >= 4 is 15.9 Å². The molecule has 0 saturated heterocycles. The molecule has 0 fully saturated rings. The number of benzene rings is 1. The Bertz CT molecular complexity index is 519. The molecule has 0 amide bonds. The van der Waals surface area contributed by atoms with Gasteiger partial charge in [-0.05, 0) is 53.5 Å². The Morgan fingerprint density at radius 2 is 2.06 bits per heavy atom. The van der Waals surface area contributed by atoms with Crippen LogP contribution in [0.3, 0.4) is 0 Å². The van der Waals surface area contributed by atoms with Crippen molar-refractivity contribution in [2.75, 3.05) is 6.54 Å². The first kappa shape index (κ1) is 13.4. The SMILES string of the molecule is CCCNCc1ccc(-c2cccc(C)c2Br)o1. The van der Waals surface area contributed by atoms with E-state index in [1.807, 2.05) is 18.2 Å². The minimum absolute atomic E-state index is 0.789. The average Bonchev–Trinajstić information content (AvgIpc) is 2.82. The molecule has 0 aliphatic rings. The fourth-order valence-corrected chi connectivity index (χ4v) is 2.30. The van der Waals surface area contributed by atoms with Gasteiger partial charge in [-0.2, -0.15) is 0 Å². The molecule has 0 aliphatic heterocycles. The lowest BCUT2D eigenvalue weighted by Crippen LogP contribution is -2.12. The fraction of sp³-hybridized carbons (Fsp3) is 0.333. The van der Waals surface area contributed by atoms with E-state index in [1.54, 1.807) is 0 Å². The molecule has 0 spiro atoms. The van der Waals surface area contributed by atoms with E-state index in [1.165, 1.54) is 5.56 Å². The smallest absolute Gasteiger partial charge is 0.135 e. The first-order valence-electron chi connectivity index (χ1n) is 6.27. The lowest BCUT2D eigenvalue weighted by molar-refractivity contribution is 0.493. The molecule has 0 unspecified atom stereocenters. The first-order chi connectivity index (χ1) is 8.72. The largest absolute Gasteiger partial charge is 0.460 e. The quantitative estimate of drug-likeness (QED) is 0.822. The van der Waals surface area contributed by atoms with Crippen LogP contribution in [0.5, 0.6) is 0 Å². The van der Waals surface area contributed by atoms with Crippen LogP contribution in [0, 0.1) is 6.92 Å². The summed E-state index contributed by atoms with van der Waals surface area (Å²) in [6.07, 6.45) is 1.14. The zero-order valence-corrected chi connectivity index (χ0v) is 12.4. The van der Waals surface area contributed by atoms with Gasteiger partial charge in [0, 0.05) is 10.0 Å². The predicted molar refractivity (Wildman–Crippen MR) is 78.6 cm³/mol.